The van der Waals surface area contributed by atoms with E-state index in [1.165, 1.54) is 28.9 Å². The summed E-state index contributed by atoms with van der Waals surface area (Å²) in [4.78, 5) is 11.7. The molecule has 1 fully saturated rings. The Kier molecular flexibility index (Phi) is 5.15. The summed E-state index contributed by atoms with van der Waals surface area (Å²) >= 11 is 0. The Morgan fingerprint density at radius 3 is 2.58 bits per heavy atom. The molecular weight excluding hydrogens is 354 g/mol. The predicted octanol–water partition coefficient (Wildman–Crippen LogP) is 3.11. The van der Waals surface area contributed by atoms with Crippen molar-refractivity contribution in [2.45, 2.75) is 31.5 Å². The standard InChI is InChI=1S/C17H17F4N3O2/c18-12-3-5-13(6-4-12)26-10-16(25)22-7-8-24-14(11-1-2-11)9-15(23-24)17(19,20)21/h3-6,9,11H,1-2,7-8,10H2,(H,22,25). The number of alkyl halides is 3. The van der Waals surface area contributed by atoms with Gasteiger partial charge in [-0.1, -0.05) is 0 Å². The van der Waals surface area contributed by atoms with Crippen LogP contribution in [0.1, 0.15) is 30.1 Å². The molecule has 1 aromatic heterocycles. The summed E-state index contributed by atoms with van der Waals surface area (Å²) in [5.41, 5.74) is -0.362. The fourth-order valence-electron chi connectivity index (χ4n) is 2.49. The number of aromatic nitrogens is 2. The maximum Gasteiger partial charge on any atom is 0.435 e. The zero-order valence-electron chi connectivity index (χ0n) is 13.7. The summed E-state index contributed by atoms with van der Waals surface area (Å²) in [5, 5.41) is 6.18. The van der Waals surface area contributed by atoms with Crippen molar-refractivity contribution in [3.63, 3.8) is 0 Å². The van der Waals surface area contributed by atoms with Gasteiger partial charge in [-0.15, -0.1) is 0 Å². The zero-order chi connectivity index (χ0) is 18.7. The van der Waals surface area contributed by atoms with Crippen LogP contribution in [-0.2, 0) is 17.5 Å². The largest absolute Gasteiger partial charge is 0.484 e. The van der Waals surface area contributed by atoms with Gasteiger partial charge in [0.15, 0.2) is 12.3 Å². The van der Waals surface area contributed by atoms with E-state index in [0.29, 0.717) is 11.4 Å². The first-order chi connectivity index (χ1) is 12.3. The molecule has 0 aliphatic heterocycles. The number of hydrogen-bond acceptors (Lipinski definition) is 3. The molecule has 9 heteroatoms. The number of hydrogen-bond donors (Lipinski definition) is 1. The lowest BCUT2D eigenvalue weighted by atomic mass is 10.2. The van der Waals surface area contributed by atoms with Gasteiger partial charge in [0, 0.05) is 18.2 Å². The van der Waals surface area contributed by atoms with Crippen LogP contribution < -0.4 is 10.1 Å². The van der Waals surface area contributed by atoms with Gasteiger partial charge in [0.1, 0.15) is 11.6 Å². The summed E-state index contributed by atoms with van der Waals surface area (Å²) in [6.45, 7) is 0.00251. The molecule has 1 aliphatic rings. The Bertz CT molecular complexity index is 767. The minimum absolute atomic E-state index is 0.108. The first-order valence-corrected chi connectivity index (χ1v) is 8.13. The Morgan fingerprint density at radius 1 is 1.27 bits per heavy atom. The van der Waals surface area contributed by atoms with E-state index in [1.54, 1.807) is 0 Å². The van der Waals surface area contributed by atoms with Gasteiger partial charge in [-0.3, -0.25) is 9.48 Å². The minimum Gasteiger partial charge on any atom is -0.484 e. The second kappa shape index (κ2) is 7.35. The van der Waals surface area contributed by atoms with Crippen molar-refractivity contribution in [2.24, 2.45) is 0 Å². The summed E-state index contributed by atoms with van der Waals surface area (Å²) < 4.78 is 57.7. The molecular formula is C17H17F4N3O2. The SMILES string of the molecule is O=C(COc1ccc(F)cc1)NCCn1nc(C(F)(F)F)cc1C1CC1. The van der Waals surface area contributed by atoms with Crippen molar-refractivity contribution in [3.05, 3.63) is 47.5 Å². The average Bonchev–Trinajstić information content (AvgIpc) is 3.33. The number of rotatable bonds is 7. The number of amides is 1. The smallest absolute Gasteiger partial charge is 0.435 e. The molecule has 1 aromatic carbocycles. The lowest BCUT2D eigenvalue weighted by Gasteiger charge is -2.09. The highest BCUT2D eigenvalue weighted by Crippen LogP contribution is 2.42. The molecule has 2 aromatic rings. The second-order valence-electron chi connectivity index (χ2n) is 6.04. The molecule has 5 nitrogen and oxygen atoms in total. The van der Waals surface area contributed by atoms with Gasteiger partial charge >= 0.3 is 6.18 Å². The molecule has 0 spiro atoms. The summed E-state index contributed by atoms with van der Waals surface area (Å²) in [5.74, 6) is -0.383. The van der Waals surface area contributed by atoms with Gasteiger partial charge in [0.25, 0.3) is 5.91 Å². The van der Waals surface area contributed by atoms with E-state index in [1.807, 2.05) is 0 Å². The number of nitrogens with zero attached hydrogens (tertiary/aromatic N) is 2. The molecule has 140 valence electrons. The molecule has 1 amide bonds. The first kappa shape index (κ1) is 18.2. The Labute approximate surface area is 146 Å². The molecule has 26 heavy (non-hydrogen) atoms. The minimum atomic E-state index is -4.48. The van der Waals surface area contributed by atoms with Crippen molar-refractivity contribution in [3.8, 4) is 5.75 Å². The van der Waals surface area contributed by atoms with Crippen LogP contribution in [0, 0.1) is 5.82 Å². The normalized spacial score (nSPS) is 14.3. The summed E-state index contributed by atoms with van der Waals surface area (Å²) in [6.07, 6.45) is -2.79. The lowest BCUT2D eigenvalue weighted by molar-refractivity contribution is -0.141. The number of carbonyl (C=O) groups is 1. The van der Waals surface area contributed by atoms with Crippen LogP contribution in [-0.4, -0.2) is 28.8 Å². The van der Waals surface area contributed by atoms with Crippen molar-refractivity contribution >= 4 is 5.91 Å². The van der Waals surface area contributed by atoms with Crippen molar-refractivity contribution in [1.29, 1.82) is 0 Å². The van der Waals surface area contributed by atoms with Crippen molar-refractivity contribution < 1.29 is 27.1 Å². The molecule has 0 unspecified atom stereocenters. The highest BCUT2D eigenvalue weighted by molar-refractivity contribution is 5.77. The topological polar surface area (TPSA) is 56.1 Å². The summed E-state index contributed by atoms with van der Waals surface area (Å²) in [7, 11) is 0. The van der Waals surface area contributed by atoms with E-state index in [-0.39, 0.29) is 25.6 Å². The van der Waals surface area contributed by atoms with Crippen LogP contribution in [0.3, 0.4) is 0 Å². The quantitative estimate of drug-likeness (QED) is 0.761. The fourth-order valence-corrected chi connectivity index (χ4v) is 2.49. The van der Waals surface area contributed by atoms with Gasteiger partial charge in [0.05, 0.1) is 6.54 Å². The Balaban J connectivity index is 1.49. The predicted molar refractivity (Wildman–Crippen MR) is 84.1 cm³/mol. The number of carbonyl (C=O) groups excluding carboxylic acids is 1. The van der Waals surface area contributed by atoms with Crippen LogP contribution >= 0.6 is 0 Å². The molecule has 3 rings (SSSR count). The van der Waals surface area contributed by atoms with Crippen molar-refractivity contribution in [1.82, 2.24) is 15.1 Å². The second-order valence-corrected chi connectivity index (χ2v) is 6.04. The van der Waals surface area contributed by atoms with Crippen LogP contribution in [0.25, 0.3) is 0 Å². The third kappa shape index (κ3) is 4.74. The van der Waals surface area contributed by atoms with E-state index in [0.717, 1.165) is 18.9 Å². The zero-order valence-corrected chi connectivity index (χ0v) is 13.7. The van der Waals surface area contributed by atoms with E-state index in [2.05, 4.69) is 10.4 Å². The lowest BCUT2D eigenvalue weighted by Crippen LogP contribution is -2.32. The van der Waals surface area contributed by atoms with E-state index >= 15 is 0 Å². The molecule has 1 saturated carbocycles. The molecule has 0 radical (unpaired) electrons. The van der Waals surface area contributed by atoms with Gasteiger partial charge in [-0.05, 0) is 43.2 Å². The van der Waals surface area contributed by atoms with Crippen LogP contribution in [0.15, 0.2) is 30.3 Å². The van der Waals surface area contributed by atoms with E-state index < -0.39 is 23.6 Å². The molecule has 0 atom stereocenters. The molecule has 0 bridgehead atoms. The molecule has 0 saturated heterocycles. The average molecular weight is 371 g/mol. The summed E-state index contributed by atoms with van der Waals surface area (Å²) in [6, 6.07) is 6.29. The monoisotopic (exact) mass is 371 g/mol. The van der Waals surface area contributed by atoms with Gasteiger partial charge in [0.2, 0.25) is 0 Å². The van der Waals surface area contributed by atoms with Crippen LogP contribution in [0.2, 0.25) is 0 Å². The number of halogens is 4. The molecule has 1 N–H and O–H groups in total. The van der Waals surface area contributed by atoms with Gasteiger partial charge in [-0.25, -0.2) is 4.39 Å². The Hall–Kier alpha value is -2.58. The highest BCUT2D eigenvalue weighted by Gasteiger charge is 2.37. The Morgan fingerprint density at radius 2 is 1.96 bits per heavy atom. The fraction of sp³-hybridized carbons (Fsp3) is 0.412. The number of ether oxygens (including phenoxy) is 1. The van der Waals surface area contributed by atoms with E-state index in [9.17, 15) is 22.4 Å². The van der Waals surface area contributed by atoms with Gasteiger partial charge in [-0.2, -0.15) is 18.3 Å². The maximum atomic E-state index is 12.8. The third-order valence-electron chi connectivity index (χ3n) is 3.93. The maximum absolute atomic E-state index is 12.8. The van der Waals surface area contributed by atoms with Gasteiger partial charge < -0.3 is 10.1 Å². The number of benzene rings is 1. The van der Waals surface area contributed by atoms with E-state index in [4.69, 9.17) is 4.74 Å². The highest BCUT2D eigenvalue weighted by atomic mass is 19.4. The molecule has 1 heterocycles. The van der Waals surface area contributed by atoms with Crippen LogP contribution in [0.4, 0.5) is 17.6 Å². The first-order valence-electron chi connectivity index (χ1n) is 8.13. The van der Waals surface area contributed by atoms with Crippen LogP contribution in [0.5, 0.6) is 5.75 Å². The van der Waals surface area contributed by atoms with Crippen molar-refractivity contribution in [2.75, 3.05) is 13.2 Å². The molecule has 1 aliphatic carbocycles. The third-order valence-corrected chi connectivity index (χ3v) is 3.93. The number of nitrogens with one attached hydrogen (secondary N) is 1.